The lowest BCUT2D eigenvalue weighted by molar-refractivity contribution is 0.0869. The molecule has 2 N–H and O–H groups in total. The summed E-state index contributed by atoms with van der Waals surface area (Å²) in [4.78, 5) is 9.20. The molecule has 2 rings (SSSR count). The van der Waals surface area contributed by atoms with Crippen molar-refractivity contribution < 1.29 is 4.74 Å². The van der Waals surface area contributed by atoms with Crippen LogP contribution in [0.15, 0.2) is 6.20 Å². The molecular weight excluding hydrogens is 238 g/mol. The minimum absolute atomic E-state index is 0.00318. The first-order chi connectivity index (χ1) is 8.96. The molecule has 1 aliphatic rings. The summed E-state index contributed by atoms with van der Waals surface area (Å²) in [6, 6.07) is 0.0555. The van der Waals surface area contributed by atoms with Crippen molar-refractivity contribution in [2.24, 2.45) is 11.1 Å². The molecule has 19 heavy (non-hydrogen) atoms. The van der Waals surface area contributed by atoms with Gasteiger partial charge in [0.25, 0.3) is 0 Å². The normalized spacial score (nSPS) is 22.9. The Balaban J connectivity index is 2.32. The molecule has 1 heterocycles. The van der Waals surface area contributed by atoms with Crippen molar-refractivity contribution in [2.75, 3.05) is 7.11 Å². The number of hydrogen-bond acceptors (Lipinski definition) is 4. The molecule has 1 aliphatic carbocycles. The van der Waals surface area contributed by atoms with Crippen molar-refractivity contribution >= 4 is 0 Å². The second-order valence-electron chi connectivity index (χ2n) is 6.29. The van der Waals surface area contributed by atoms with E-state index in [1.807, 2.05) is 6.20 Å². The molecule has 4 nitrogen and oxygen atoms in total. The van der Waals surface area contributed by atoms with Gasteiger partial charge in [-0.3, -0.25) is 0 Å². The number of nitrogens with zero attached hydrogens (tertiary/aromatic N) is 2. The van der Waals surface area contributed by atoms with Gasteiger partial charge < -0.3 is 10.5 Å². The van der Waals surface area contributed by atoms with Gasteiger partial charge in [-0.1, -0.05) is 27.2 Å². The van der Waals surface area contributed by atoms with Gasteiger partial charge in [0, 0.05) is 30.6 Å². The molecule has 0 fully saturated rings. The Morgan fingerprint density at radius 3 is 2.89 bits per heavy atom. The summed E-state index contributed by atoms with van der Waals surface area (Å²) in [7, 11) is 1.72. The standard InChI is InChI=1S/C15H25N3O/c1-5-6-13(19-4)14-17-9-10-11(16)7-15(2,3)8-12(10)18-14/h9,11,13H,5-8,16H2,1-4H3. The Morgan fingerprint density at radius 2 is 2.26 bits per heavy atom. The molecular formula is C15H25N3O. The third kappa shape index (κ3) is 3.12. The fourth-order valence-corrected chi connectivity index (χ4v) is 2.89. The largest absolute Gasteiger partial charge is 0.373 e. The molecule has 0 radical (unpaired) electrons. The van der Waals surface area contributed by atoms with Crippen LogP contribution < -0.4 is 5.73 Å². The van der Waals surface area contributed by atoms with Crippen LogP contribution >= 0.6 is 0 Å². The smallest absolute Gasteiger partial charge is 0.157 e. The fraction of sp³-hybridized carbons (Fsp3) is 0.733. The molecule has 2 unspecified atom stereocenters. The summed E-state index contributed by atoms with van der Waals surface area (Å²) in [5.41, 5.74) is 8.65. The molecule has 106 valence electrons. The highest BCUT2D eigenvalue weighted by molar-refractivity contribution is 5.26. The van der Waals surface area contributed by atoms with E-state index in [0.29, 0.717) is 0 Å². The summed E-state index contributed by atoms with van der Waals surface area (Å²) >= 11 is 0. The highest BCUT2D eigenvalue weighted by Crippen LogP contribution is 2.38. The van der Waals surface area contributed by atoms with E-state index in [1.165, 1.54) is 0 Å². The number of hydrogen-bond donors (Lipinski definition) is 1. The maximum Gasteiger partial charge on any atom is 0.157 e. The van der Waals surface area contributed by atoms with Gasteiger partial charge in [-0.25, -0.2) is 9.97 Å². The molecule has 0 aliphatic heterocycles. The van der Waals surface area contributed by atoms with E-state index in [9.17, 15) is 0 Å². The average Bonchev–Trinajstić information content (AvgIpc) is 2.33. The van der Waals surface area contributed by atoms with Crippen LogP contribution in [0, 0.1) is 5.41 Å². The van der Waals surface area contributed by atoms with Crippen LogP contribution in [-0.2, 0) is 11.2 Å². The highest BCUT2D eigenvalue weighted by atomic mass is 16.5. The molecule has 0 amide bonds. The van der Waals surface area contributed by atoms with Gasteiger partial charge in [0.15, 0.2) is 5.82 Å². The Hall–Kier alpha value is -1.00. The molecule has 1 aromatic rings. The highest BCUT2D eigenvalue weighted by Gasteiger charge is 2.32. The Kier molecular flexibility index (Phi) is 4.21. The topological polar surface area (TPSA) is 61.0 Å². The average molecular weight is 263 g/mol. The van der Waals surface area contributed by atoms with Crippen molar-refractivity contribution in [1.29, 1.82) is 0 Å². The molecule has 0 saturated carbocycles. The second-order valence-corrected chi connectivity index (χ2v) is 6.29. The van der Waals surface area contributed by atoms with E-state index in [2.05, 4.69) is 25.8 Å². The third-order valence-electron chi connectivity index (χ3n) is 3.86. The number of rotatable bonds is 4. The van der Waals surface area contributed by atoms with Crippen LogP contribution in [0.4, 0.5) is 0 Å². The van der Waals surface area contributed by atoms with Gasteiger partial charge in [-0.05, 0) is 24.7 Å². The SMILES string of the molecule is CCCC(OC)c1ncc2c(n1)CC(C)(C)CC2N. The molecule has 0 aromatic carbocycles. The Bertz CT molecular complexity index is 445. The number of ether oxygens (including phenoxy) is 1. The molecule has 2 atom stereocenters. The zero-order valence-electron chi connectivity index (χ0n) is 12.4. The lowest BCUT2D eigenvalue weighted by atomic mass is 9.74. The number of nitrogens with two attached hydrogens (primary N) is 1. The van der Waals surface area contributed by atoms with Crippen LogP contribution in [0.1, 0.15) is 69.3 Å². The van der Waals surface area contributed by atoms with Gasteiger partial charge in [0.2, 0.25) is 0 Å². The summed E-state index contributed by atoms with van der Waals surface area (Å²) in [6.45, 7) is 6.64. The van der Waals surface area contributed by atoms with Crippen LogP contribution in [0.5, 0.6) is 0 Å². The van der Waals surface area contributed by atoms with Crippen molar-refractivity contribution in [3.8, 4) is 0 Å². The first-order valence-corrected chi connectivity index (χ1v) is 7.11. The molecule has 0 saturated heterocycles. The minimum atomic E-state index is -0.00318. The first-order valence-electron chi connectivity index (χ1n) is 7.11. The zero-order chi connectivity index (χ0) is 14.0. The van der Waals surface area contributed by atoms with Crippen LogP contribution in [-0.4, -0.2) is 17.1 Å². The summed E-state index contributed by atoms with van der Waals surface area (Å²) in [6.07, 6.45) is 5.87. The quantitative estimate of drug-likeness (QED) is 0.907. The zero-order valence-corrected chi connectivity index (χ0v) is 12.4. The van der Waals surface area contributed by atoms with Gasteiger partial charge in [-0.15, -0.1) is 0 Å². The van der Waals surface area contributed by atoms with Crippen LogP contribution in [0.25, 0.3) is 0 Å². The van der Waals surface area contributed by atoms with E-state index in [4.69, 9.17) is 15.5 Å². The molecule has 0 bridgehead atoms. The molecule has 0 spiro atoms. The third-order valence-corrected chi connectivity index (χ3v) is 3.86. The van der Waals surface area contributed by atoms with Gasteiger partial charge >= 0.3 is 0 Å². The van der Waals surface area contributed by atoms with Crippen molar-refractivity contribution in [3.63, 3.8) is 0 Å². The van der Waals surface area contributed by atoms with E-state index >= 15 is 0 Å². The molecule has 1 aromatic heterocycles. The predicted octanol–water partition coefficient (Wildman–Crippen LogP) is 2.94. The van der Waals surface area contributed by atoms with Gasteiger partial charge in [0.05, 0.1) is 0 Å². The molecule has 4 heteroatoms. The monoisotopic (exact) mass is 263 g/mol. The van der Waals surface area contributed by atoms with Crippen molar-refractivity contribution in [2.45, 2.75) is 58.6 Å². The predicted molar refractivity (Wildman–Crippen MR) is 75.7 cm³/mol. The van der Waals surface area contributed by atoms with E-state index in [-0.39, 0.29) is 17.6 Å². The van der Waals surface area contributed by atoms with E-state index in [1.54, 1.807) is 7.11 Å². The Labute approximate surface area is 115 Å². The first kappa shape index (κ1) is 14.4. The van der Waals surface area contributed by atoms with Crippen LogP contribution in [0.3, 0.4) is 0 Å². The summed E-state index contributed by atoms with van der Waals surface area (Å²) in [5, 5.41) is 0. The Morgan fingerprint density at radius 1 is 1.53 bits per heavy atom. The number of methoxy groups -OCH3 is 1. The van der Waals surface area contributed by atoms with E-state index < -0.39 is 0 Å². The lowest BCUT2D eigenvalue weighted by Gasteiger charge is -2.34. The second kappa shape index (κ2) is 5.55. The fourth-order valence-electron chi connectivity index (χ4n) is 2.89. The number of aromatic nitrogens is 2. The maximum absolute atomic E-state index is 6.23. The van der Waals surface area contributed by atoms with Crippen LogP contribution in [0.2, 0.25) is 0 Å². The van der Waals surface area contributed by atoms with Crippen molar-refractivity contribution in [3.05, 3.63) is 23.3 Å². The van der Waals surface area contributed by atoms with Gasteiger partial charge in [-0.2, -0.15) is 0 Å². The summed E-state index contributed by atoms with van der Waals surface area (Å²) in [5.74, 6) is 0.799. The number of fused-ring (bicyclic) bond motifs is 1. The van der Waals surface area contributed by atoms with Crippen molar-refractivity contribution in [1.82, 2.24) is 9.97 Å². The van der Waals surface area contributed by atoms with E-state index in [0.717, 1.165) is 42.8 Å². The minimum Gasteiger partial charge on any atom is -0.373 e. The maximum atomic E-state index is 6.23. The van der Waals surface area contributed by atoms with Gasteiger partial charge in [0.1, 0.15) is 6.10 Å². The lowest BCUT2D eigenvalue weighted by Crippen LogP contribution is -2.31. The summed E-state index contributed by atoms with van der Waals surface area (Å²) < 4.78 is 5.49.